The molecule has 0 bridgehead atoms. The molecule has 0 fully saturated rings. The van der Waals surface area contributed by atoms with Crippen molar-refractivity contribution >= 4 is 5.91 Å². The summed E-state index contributed by atoms with van der Waals surface area (Å²) in [5, 5.41) is 9.68. The number of amides is 1. The van der Waals surface area contributed by atoms with Gasteiger partial charge in [-0.15, -0.1) is 0 Å². The Balaban J connectivity index is 2.34. The lowest BCUT2D eigenvalue weighted by Crippen LogP contribution is -2.44. The first kappa shape index (κ1) is 12.7. The zero-order valence-electron chi connectivity index (χ0n) is 10.2. The van der Waals surface area contributed by atoms with Gasteiger partial charge in [0.05, 0.1) is 18.3 Å². The first-order valence-electron chi connectivity index (χ1n) is 5.45. The zero-order valence-corrected chi connectivity index (χ0v) is 10.2. The summed E-state index contributed by atoms with van der Waals surface area (Å²) in [6.07, 6.45) is 0. The third kappa shape index (κ3) is 4.02. The van der Waals surface area contributed by atoms with Crippen LogP contribution in [-0.2, 0) is 11.3 Å². The van der Waals surface area contributed by atoms with Crippen LogP contribution in [0.25, 0.3) is 0 Å². The highest BCUT2D eigenvalue weighted by Gasteiger charge is 2.13. The highest BCUT2D eigenvalue weighted by Crippen LogP contribution is 2.01. The first-order chi connectivity index (χ1) is 7.49. The van der Waals surface area contributed by atoms with Crippen molar-refractivity contribution in [3.05, 3.63) is 17.5 Å². The third-order valence-corrected chi connectivity index (χ3v) is 2.08. The Hall–Kier alpha value is -1.36. The van der Waals surface area contributed by atoms with E-state index >= 15 is 0 Å². The molecule has 0 radical (unpaired) electrons. The molecule has 1 unspecified atom stereocenters. The van der Waals surface area contributed by atoms with Crippen molar-refractivity contribution in [2.75, 3.05) is 0 Å². The fraction of sp³-hybridized carbons (Fsp3) is 0.636. The summed E-state index contributed by atoms with van der Waals surface area (Å²) in [4.78, 5) is 11.6. The molecule has 1 aromatic heterocycles. The van der Waals surface area contributed by atoms with Crippen LogP contribution in [0.4, 0.5) is 0 Å². The molecule has 0 saturated carbocycles. The van der Waals surface area contributed by atoms with Gasteiger partial charge in [0.2, 0.25) is 5.91 Å². The maximum Gasteiger partial charge on any atom is 0.237 e. The van der Waals surface area contributed by atoms with Crippen LogP contribution in [0.15, 0.2) is 10.6 Å². The van der Waals surface area contributed by atoms with Crippen LogP contribution >= 0.6 is 0 Å². The fourth-order valence-corrected chi connectivity index (χ4v) is 1.26. The van der Waals surface area contributed by atoms with Crippen molar-refractivity contribution in [2.45, 2.75) is 46.3 Å². The van der Waals surface area contributed by atoms with Gasteiger partial charge in [0.15, 0.2) is 5.76 Å². The molecule has 2 N–H and O–H groups in total. The molecule has 0 aliphatic heterocycles. The molecule has 90 valence electrons. The lowest BCUT2D eigenvalue weighted by atomic mass is 10.2. The average Bonchev–Trinajstić information content (AvgIpc) is 2.59. The van der Waals surface area contributed by atoms with Crippen LogP contribution in [0, 0.1) is 6.92 Å². The van der Waals surface area contributed by atoms with Gasteiger partial charge >= 0.3 is 0 Å². The van der Waals surface area contributed by atoms with Crippen molar-refractivity contribution in [3.63, 3.8) is 0 Å². The predicted octanol–water partition coefficient (Wildman–Crippen LogP) is 0.986. The van der Waals surface area contributed by atoms with E-state index in [0.29, 0.717) is 6.54 Å². The molecule has 5 nitrogen and oxygen atoms in total. The topological polar surface area (TPSA) is 67.2 Å². The van der Waals surface area contributed by atoms with E-state index in [9.17, 15) is 4.79 Å². The summed E-state index contributed by atoms with van der Waals surface area (Å²) in [5.74, 6) is 0.730. The summed E-state index contributed by atoms with van der Waals surface area (Å²) >= 11 is 0. The number of aryl methyl sites for hydroxylation is 1. The van der Waals surface area contributed by atoms with E-state index in [1.54, 1.807) is 0 Å². The second-order valence-electron chi connectivity index (χ2n) is 4.20. The van der Waals surface area contributed by atoms with Crippen LogP contribution in [-0.4, -0.2) is 23.1 Å². The Morgan fingerprint density at radius 3 is 2.69 bits per heavy atom. The average molecular weight is 225 g/mol. The molecule has 16 heavy (non-hydrogen) atoms. The van der Waals surface area contributed by atoms with Gasteiger partial charge < -0.3 is 9.84 Å². The number of hydrogen-bond acceptors (Lipinski definition) is 4. The van der Waals surface area contributed by atoms with E-state index in [2.05, 4.69) is 15.8 Å². The molecule has 0 aliphatic carbocycles. The Morgan fingerprint density at radius 2 is 2.19 bits per heavy atom. The van der Waals surface area contributed by atoms with E-state index in [0.717, 1.165) is 11.5 Å². The molecular weight excluding hydrogens is 206 g/mol. The lowest BCUT2D eigenvalue weighted by molar-refractivity contribution is -0.123. The molecule has 5 heteroatoms. The van der Waals surface area contributed by atoms with Gasteiger partial charge in [0.1, 0.15) is 0 Å². The highest BCUT2D eigenvalue weighted by molar-refractivity contribution is 5.81. The molecule has 0 spiro atoms. The van der Waals surface area contributed by atoms with Crippen molar-refractivity contribution in [3.8, 4) is 0 Å². The maximum atomic E-state index is 11.6. The van der Waals surface area contributed by atoms with Gasteiger partial charge in [-0.3, -0.25) is 10.1 Å². The number of hydrogen-bond donors (Lipinski definition) is 2. The molecule has 1 atom stereocenters. The lowest BCUT2D eigenvalue weighted by Gasteiger charge is -2.14. The molecule has 1 rings (SSSR count). The summed E-state index contributed by atoms with van der Waals surface area (Å²) in [6.45, 7) is 8.06. The predicted molar refractivity (Wildman–Crippen MR) is 60.8 cm³/mol. The van der Waals surface area contributed by atoms with Crippen LogP contribution < -0.4 is 10.6 Å². The van der Waals surface area contributed by atoms with Crippen LogP contribution in [0.3, 0.4) is 0 Å². The van der Waals surface area contributed by atoms with Gasteiger partial charge in [0.25, 0.3) is 0 Å². The quantitative estimate of drug-likeness (QED) is 0.784. The summed E-state index contributed by atoms with van der Waals surface area (Å²) < 4.78 is 5.03. The molecule has 0 aliphatic rings. The molecule has 1 amide bonds. The molecule has 0 saturated heterocycles. The summed E-state index contributed by atoms with van der Waals surface area (Å²) in [6, 6.07) is 1.76. The van der Waals surface area contributed by atoms with E-state index in [1.807, 2.05) is 33.8 Å². The number of nitrogens with one attached hydrogen (secondary N) is 2. The Labute approximate surface area is 95.6 Å². The minimum atomic E-state index is -0.243. The van der Waals surface area contributed by atoms with Crippen molar-refractivity contribution in [1.29, 1.82) is 0 Å². The van der Waals surface area contributed by atoms with Crippen LogP contribution in [0.2, 0.25) is 0 Å². The van der Waals surface area contributed by atoms with Gasteiger partial charge in [-0.25, -0.2) is 0 Å². The number of carbonyl (C=O) groups is 1. The first-order valence-corrected chi connectivity index (χ1v) is 5.45. The Morgan fingerprint density at radius 1 is 1.50 bits per heavy atom. The molecule has 1 heterocycles. The van der Waals surface area contributed by atoms with E-state index < -0.39 is 0 Å². The fourth-order valence-electron chi connectivity index (χ4n) is 1.26. The maximum absolute atomic E-state index is 11.6. The number of carbonyl (C=O) groups excluding carboxylic acids is 1. The van der Waals surface area contributed by atoms with Crippen LogP contribution in [0.1, 0.15) is 32.2 Å². The minimum absolute atomic E-state index is 0.00811. The minimum Gasteiger partial charge on any atom is -0.360 e. The largest absolute Gasteiger partial charge is 0.360 e. The third-order valence-electron chi connectivity index (χ3n) is 2.08. The number of nitrogens with zero attached hydrogens (tertiary/aromatic N) is 1. The van der Waals surface area contributed by atoms with E-state index in [4.69, 9.17) is 4.52 Å². The monoisotopic (exact) mass is 225 g/mol. The van der Waals surface area contributed by atoms with Gasteiger partial charge in [-0.05, 0) is 27.7 Å². The van der Waals surface area contributed by atoms with Crippen molar-refractivity contribution < 1.29 is 9.32 Å². The standard InChI is InChI=1S/C11H19N3O2/c1-7(2)13-11(15)9(4)12-6-10-5-8(3)14-16-10/h5,7,9,12H,6H2,1-4H3,(H,13,15). The summed E-state index contributed by atoms with van der Waals surface area (Å²) in [7, 11) is 0. The summed E-state index contributed by atoms with van der Waals surface area (Å²) in [5.41, 5.74) is 0.844. The van der Waals surface area contributed by atoms with Gasteiger partial charge in [0, 0.05) is 12.1 Å². The van der Waals surface area contributed by atoms with Crippen molar-refractivity contribution in [1.82, 2.24) is 15.8 Å². The normalized spacial score (nSPS) is 12.8. The number of rotatable bonds is 5. The SMILES string of the molecule is Cc1cc(CNC(C)C(=O)NC(C)C)on1. The molecule has 1 aromatic rings. The van der Waals surface area contributed by atoms with Crippen LogP contribution in [0.5, 0.6) is 0 Å². The molecule has 0 aromatic carbocycles. The van der Waals surface area contributed by atoms with Gasteiger partial charge in [-0.2, -0.15) is 0 Å². The van der Waals surface area contributed by atoms with Gasteiger partial charge in [-0.1, -0.05) is 5.16 Å². The van der Waals surface area contributed by atoms with E-state index in [-0.39, 0.29) is 18.0 Å². The second-order valence-corrected chi connectivity index (χ2v) is 4.20. The highest BCUT2D eigenvalue weighted by atomic mass is 16.5. The second kappa shape index (κ2) is 5.65. The Bertz CT molecular complexity index is 347. The zero-order chi connectivity index (χ0) is 12.1. The number of aromatic nitrogens is 1. The van der Waals surface area contributed by atoms with Crippen molar-refractivity contribution in [2.24, 2.45) is 0 Å². The van der Waals surface area contributed by atoms with E-state index in [1.165, 1.54) is 0 Å². The Kier molecular flexibility index (Phi) is 4.49. The molecular formula is C11H19N3O2. The smallest absolute Gasteiger partial charge is 0.237 e.